The lowest BCUT2D eigenvalue weighted by Crippen LogP contribution is -2.49. The highest BCUT2D eigenvalue weighted by Gasteiger charge is 2.67. The van der Waals surface area contributed by atoms with Crippen molar-refractivity contribution in [2.24, 2.45) is 0 Å². The molecule has 1 fully saturated rings. The first-order chi connectivity index (χ1) is 19.2. The van der Waals surface area contributed by atoms with Gasteiger partial charge in [-0.3, -0.25) is 4.79 Å². The maximum Gasteiger partial charge on any atom is 0.358 e. The number of carbonyl (C=O) groups excluding carboxylic acids is 1. The highest BCUT2D eigenvalue weighted by Crippen LogP contribution is 2.57. The van der Waals surface area contributed by atoms with E-state index in [1.54, 1.807) is 48.5 Å². The summed E-state index contributed by atoms with van der Waals surface area (Å²) in [5, 5.41) is 11.0. The van der Waals surface area contributed by atoms with Gasteiger partial charge in [0.1, 0.15) is 5.54 Å². The number of hydrogen-bond donors (Lipinski definition) is 1. The average molecular weight is 617 g/mol. The predicted molar refractivity (Wildman–Crippen MR) is 156 cm³/mol. The van der Waals surface area contributed by atoms with E-state index in [9.17, 15) is 23.1 Å². The van der Waals surface area contributed by atoms with Crippen LogP contribution in [0, 0.1) is 0 Å². The maximum atomic E-state index is 14.1. The van der Waals surface area contributed by atoms with Crippen molar-refractivity contribution in [3.63, 3.8) is 0 Å². The molecule has 3 aromatic carbocycles. The number of methoxy groups -OCH3 is 1. The molecule has 4 aromatic rings. The molecule has 5 rings (SSSR count). The average Bonchev–Trinajstić information content (AvgIpc) is 3.54. The molecule has 0 aliphatic heterocycles. The van der Waals surface area contributed by atoms with Gasteiger partial charge in [-0.25, -0.2) is 18.2 Å². The van der Waals surface area contributed by atoms with Gasteiger partial charge < -0.3 is 14.4 Å². The van der Waals surface area contributed by atoms with Crippen LogP contribution < -0.4 is 0 Å². The molecule has 9 nitrogen and oxygen atoms in total. The number of carboxylic acid groups (broad SMARTS) is 1. The van der Waals surface area contributed by atoms with E-state index >= 15 is 0 Å². The largest absolute Gasteiger partial charge is 0.480 e. The Hall–Kier alpha value is -3.70. The van der Waals surface area contributed by atoms with E-state index in [1.807, 2.05) is 18.2 Å². The Bertz CT molecular complexity index is 1640. The van der Waals surface area contributed by atoms with Gasteiger partial charge in [0, 0.05) is 30.2 Å². The van der Waals surface area contributed by atoms with Crippen molar-refractivity contribution >= 4 is 46.0 Å². The van der Waals surface area contributed by atoms with Crippen molar-refractivity contribution in [2.45, 2.75) is 29.3 Å². The molecule has 1 aromatic heterocycles. The number of hydrogen-bond acceptors (Lipinski definition) is 6. The van der Waals surface area contributed by atoms with Crippen LogP contribution in [0.2, 0.25) is 5.02 Å². The summed E-state index contributed by atoms with van der Waals surface area (Å²) in [6.45, 7) is -0.0868. The molecule has 0 amide bonds. The van der Waals surface area contributed by atoms with Gasteiger partial charge in [0.05, 0.1) is 18.3 Å². The number of aliphatic carboxylic acids is 1. The van der Waals surface area contributed by atoms with Gasteiger partial charge in [0.15, 0.2) is 5.69 Å². The molecule has 0 spiro atoms. The van der Waals surface area contributed by atoms with E-state index in [-0.39, 0.29) is 42.5 Å². The van der Waals surface area contributed by atoms with Crippen LogP contribution in [0.25, 0.3) is 11.1 Å². The van der Waals surface area contributed by atoms with Crippen molar-refractivity contribution in [2.75, 3.05) is 13.7 Å². The third-order valence-corrected chi connectivity index (χ3v) is 9.37. The molecular weight excluding hydrogens is 589 g/mol. The minimum absolute atomic E-state index is 0. The summed E-state index contributed by atoms with van der Waals surface area (Å²) in [5.41, 5.74) is 0.799. The van der Waals surface area contributed by atoms with Gasteiger partial charge in [-0.15, -0.1) is 12.4 Å². The molecule has 0 saturated heterocycles. The van der Waals surface area contributed by atoms with E-state index in [4.69, 9.17) is 11.6 Å². The molecule has 0 radical (unpaired) electrons. The van der Waals surface area contributed by atoms with Gasteiger partial charge in [-0.05, 0) is 47.4 Å². The van der Waals surface area contributed by atoms with Crippen LogP contribution in [0.5, 0.6) is 0 Å². The van der Waals surface area contributed by atoms with Gasteiger partial charge in [-0.1, -0.05) is 66.2 Å². The zero-order valence-electron chi connectivity index (χ0n) is 21.9. The molecule has 0 unspecified atom stereocenters. The van der Waals surface area contributed by atoms with Crippen LogP contribution in [0.15, 0.2) is 96.3 Å². The first kappa shape index (κ1) is 30.3. The second-order valence-corrected chi connectivity index (χ2v) is 11.8. The van der Waals surface area contributed by atoms with Crippen LogP contribution in [0.4, 0.5) is 0 Å². The summed E-state index contributed by atoms with van der Waals surface area (Å²) < 4.78 is 35.5. The molecule has 214 valence electrons. The Balaban J connectivity index is 0.00000387. The monoisotopic (exact) mass is 615 g/mol. The van der Waals surface area contributed by atoms with Crippen LogP contribution in [0.1, 0.15) is 28.4 Å². The number of ether oxygens (including phenoxy) is 1. The number of carboxylic acids is 1. The molecule has 1 aliphatic carbocycles. The maximum absolute atomic E-state index is 14.1. The topological polar surface area (TPSA) is 119 Å². The Morgan fingerprint density at radius 3 is 2.24 bits per heavy atom. The van der Waals surface area contributed by atoms with Crippen LogP contribution in [-0.4, -0.2) is 58.5 Å². The number of carbonyl (C=O) groups is 2. The summed E-state index contributed by atoms with van der Waals surface area (Å²) in [6, 6.07) is 22.5. The van der Waals surface area contributed by atoms with Crippen molar-refractivity contribution in [3.8, 4) is 11.1 Å². The standard InChI is InChI=1S/C29H26ClN3O6S.ClH/c1-39-27(34)26-18-32(19-31-26)15-16-33(29(28(35)36)17-25(29)22-5-3-2-4-6-22)40(37,38)24-13-9-21(10-14-24)20-7-11-23(30)12-8-20;/h2-14,18-19,25H,15-17H2,1H3,(H,35,36);1H/t25-,29+;/m0./s1. The van der Waals surface area contributed by atoms with Gasteiger partial charge in [-0.2, -0.15) is 4.31 Å². The lowest BCUT2D eigenvalue weighted by atomic mass is 10.1. The number of esters is 1. The zero-order chi connectivity index (χ0) is 28.5. The fraction of sp³-hybridized carbons (Fsp3) is 0.207. The van der Waals surface area contributed by atoms with E-state index in [2.05, 4.69) is 9.72 Å². The van der Waals surface area contributed by atoms with E-state index in [0.717, 1.165) is 21.0 Å². The minimum atomic E-state index is -4.27. The summed E-state index contributed by atoms with van der Waals surface area (Å²) >= 11 is 5.99. The normalized spacial score (nSPS) is 18.0. The first-order valence-electron chi connectivity index (χ1n) is 12.4. The second-order valence-electron chi connectivity index (χ2n) is 9.49. The van der Waals surface area contributed by atoms with E-state index in [0.29, 0.717) is 5.02 Å². The Kier molecular flexibility index (Phi) is 8.89. The van der Waals surface area contributed by atoms with E-state index in [1.165, 1.54) is 36.3 Å². The molecule has 2 atom stereocenters. The van der Waals surface area contributed by atoms with Gasteiger partial charge >= 0.3 is 11.9 Å². The number of aromatic nitrogens is 2. The summed E-state index contributed by atoms with van der Waals surface area (Å²) in [5.74, 6) is -2.37. The molecule has 1 saturated carbocycles. The fourth-order valence-corrected chi connectivity index (χ4v) is 6.86. The smallest absolute Gasteiger partial charge is 0.358 e. The number of nitrogens with zero attached hydrogens (tertiary/aromatic N) is 3. The highest BCUT2D eigenvalue weighted by molar-refractivity contribution is 7.89. The molecular formula is C29H27Cl2N3O6S. The third-order valence-electron chi connectivity index (χ3n) is 7.16. The SMILES string of the molecule is COC(=O)c1cn(CCN([C@]2(C(=O)O)C[C@H]2c2ccccc2)S(=O)(=O)c2ccc(-c3ccc(Cl)cc3)cc2)cn1.Cl. The Morgan fingerprint density at radius 1 is 1.05 bits per heavy atom. The quantitative estimate of drug-likeness (QED) is 0.246. The Labute approximate surface area is 248 Å². The van der Waals surface area contributed by atoms with Crippen LogP contribution in [0.3, 0.4) is 0 Å². The molecule has 12 heteroatoms. The number of sulfonamides is 1. The number of halogens is 2. The minimum Gasteiger partial charge on any atom is -0.480 e. The summed E-state index contributed by atoms with van der Waals surface area (Å²) in [7, 11) is -3.03. The van der Waals surface area contributed by atoms with Gasteiger partial charge in [0.2, 0.25) is 10.0 Å². The van der Waals surface area contributed by atoms with Crippen molar-refractivity contribution < 1.29 is 27.9 Å². The zero-order valence-corrected chi connectivity index (χ0v) is 24.3. The predicted octanol–water partition coefficient (Wildman–Crippen LogP) is 5.11. The first-order valence-corrected chi connectivity index (χ1v) is 14.3. The molecule has 1 N–H and O–H groups in total. The number of rotatable bonds is 10. The van der Waals surface area contributed by atoms with Gasteiger partial charge in [0.25, 0.3) is 0 Å². The van der Waals surface area contributed by atoms with E-state index < -0.39 is 33.4 Å². The van der Waals surface area contributed by atoms with Crippen molar-refractivity contribution in [3.05, 3.63) is 108 Å². The highest BCUT2D eigenvalue weighted by atomic mass is 35.5. The summed E-state index contributed by atoms with van der Waals surface area (Å²) in [6.07, 6.45) is 2.95. The molecule has 1 aliphatic rings. The second kappa shape index (κ2) is 12.0. The van der Waals surface area contributed by atoms with Crippen molar-refractivity contribution in [1.29, 1.82) is 0 Å². The summed E-state index contributed by atoms with van der Waals surface area (Å²) in [4.78, 5) is 28.6. The fourth-order valence-electron chi connectivity index (χ4n) is 4.97. The lowest BCUT2D eigenvalue weighted by Gasteiger charge is -2.29. The van der Waals surface area contributed by atoms with Crippen LogP contribution >= 0.6 is 24.0 Å². The lowest BCUT2D eigenvalue weighted by molar-refractivity contribution is -0.143. The molecule has 1 heterocycles. The molecule has 0 bridgehead atoms. The number of benzene rings is 3. The van der Waals surface area contributed by atoms with Crippen molar-refractivity contribution in [1.82, 2.24) is 13.9 Å². The van der Waals surface area contributed by atoms with Crippen LogP contribution in [-0.2, 0) is 26.1 Å². The Morgan fingerprint density at radius 2 is 1.66 bits per heavy atom. The number of imidazole rings is 1. The molecule has 41 heavy (non-hydrogen) atoms. The third kappa shape index (κ3) is 5.87.